The highest BCUT2D eigenvalue weighted by Gasteiger charge is 2.22. The maximum absolute atomic E-state index is 12.2. The van der Waals surface area contributed by atoms with Gasteiger partial charge in [-0.3, -0.25) is 4.79 Å². The van der Waals surface area contributed by atoms with Crippen molar-refractivity contribution in [3.63, 3.8) is 0 Å². The van der Waals surface area contributed by atoms with Gasteiger partial charge in [0.1, 0.15) is 0 Å². The van der Waals surface area contributed by atoms with Crippen LogP contribution in [0, 0.1) is 13.8 Å². The van der Waals surface area contributed by atoms with Crippen molar-refractivity contribution >= 4 is 35.0 Å². The number of rotatable bonds is 5. The van der Waals surface area contributed by atoms with E-state index in [0.29, 0.717) is 16.4 Å². The number of hydrogen-bond donors (Lipinski definition) is 1. The molecule has 1 heterocycles. The fourth-order valence-corrected chi connectivity index (χ4v) is 3.20. The van der Waals surface area contributed by atoms with Crippen molar-refractivity contribution in [2.24, 2.45) is 0 Å². The summed E-state index contributed by atoms with van der Waals surface area (Å²) in [5.74, 6) is -0.799. The molecular formula is C18H16ClN3O3S. The van der Waals surface area contributed by atoms with Crippen molar-refractivity contribution in [3.05, 3.63) is 58.6 Å². The number of nitrogens with zero attached hydrogens (tertiary/aromatic N) is 2. The molecule has 134 valence electrons. The molecular weight excluding hydrogens is 374 g/mol. The highest BCUT2D eigenvalue weighted by Crippen LogP contribution is 2.25. The van der Waals surface area contributed by atoms with E-state index in [9.17, 15) is 9.90 Å². The summed E-state index contributed by atoms with van der Waals surface area (Å²) in [6.07, 6.45) is 0. The first-order chi connectivity index (χ1) is 12.5. The topological polar surface area (TPSA) is 82.1 Å². The Bertz CT molecular complexity index is 941. The number of aryl methyl sites for hydroxylation is 1. The van der Waals surface area contributed by atoms with E-state index in [2.05, 4.69) is 10.6 Å². The molecule has 3 rings (SSSR count). The standard InChI is InChI=1S/C18H16ClN3O3S/c1-11-6-8-13(9-7-11)22-17(18(24)25-21-22)26-10-16(23)20-15-5-3-4-14(19)12(15)2/h3-9H,10H2,1-2H3,(H-,20,21,23,24). The van der Waals surface area contributed by atoms with Gasteiger partial charge >= 0.3 is 0 Å². The van der Waals surface area contributed by atoms with Gasteiger partial charge in [-0.15, -0.1) is 0 Å². The minimum atomic E-state index is -0.581. The van der Waals surface area contributed by atoms with E-state index < -0.39 is 5.95 Å². The average Bonchev–Trinajstić information content (AvgIpc) is 2.98. The van der Waals surface area contributed by atoms with Gasteiger partial charge in [-0.25, -0.2) is 0 Å². The van der Waals surface area contributed by atoms with Gasteiger partial charge in [0.2, 0.25) is 11.6 Å². The van der Waals surface area contributed by atoms with Crippen LogP contribution < -0.4 is 15.1 Å². The molecule has 1 N–H and O–H groups in total. The van der Waals surface area contributed by atoms with Crippen molar-refractivity contribution in [2.75, 3.05) is 11.1 Å². The maximum atomic E-state index is 12.2. The van der Waals surface area contributed by atoms with Gasteiger partial charge in [-0.1, -0.05) is 35.4 Å². The lowest BCUT2D eigenvalue weighted by Gasteiger charge is -2.08. The summed E-state index contributed by atoms with van der Waals surface area (Å²) in [4.78, 5) is 12.2. The van der Waals surface area contributed by atoms with Gasteiger partial charge in [0, 0.05) is 22.8 Å². The molecule has 0 radical (unpaired) electrons. The SMILES string of the molecule is Cc1ccc(-[n+]2noc([O-])c2SCC(=O)Nc2cccc(Cl)c2C)cc1. The van der Waals surface area contributed by atoms with E-state index >= 15 is 0 Å². The molecule has 0 fully saturated rings. The number of thioether (sulfide) groups is 1. The number of aromatic nitrogens is 2. The van der Waals surface area contributed by atoms with Crippen LogP contribution in [-0.2, 0) is 4.79 Å². The van der Waals surface area contributed by atoms with Crippen molar-refractivity contribution in [2.45, 2.75) is 18.9 Å². The van der Waals surface area contributed by atoms with Crippen LogP contribution in [0.1, 0.15) is 11.1 Å². The zero-order valence-corrected chi connectivity index (χ0v) is 15.7. The summed E-state index contributed by atoms with van der Waals surface area (Å²) in [6.45, 7) is 3.79. The van der Waals surface area contributed by atoms with E-state index in [-0.39, 0.29) is 16.7 Å². The zero-order chi connectivity index (χ0) is 18.7. The third-order valence-corrected chi connectivity index (χ3v) is 5.16. The van der Waals surface area contributed by atoms with Gasteiger partial charge in [-0.2, -0.15) is 0 Å². The van der Waals surface area contributed by atoms with E-state index in [1.165, 1.54) is 4.68 Å². The highest BCUT2D eigenvalue weighted by molar-refractivity contribution is 7.99. The molecule has 6 nitrogen and oxygen atoms in total. The Hall–Kier alpha value is -2.51. The van der Waals surface area contributed by atoms with Crippen LogP contribution in [0.15, 0.2) is 52.0 Å². The summed E-state index contributed by atoms with van der Waals surface area (Å²) in [7, 11) is 0. The van der Waals surface area contributed by atoms with Crippen molar-refractivity contribution in [3.8, 4) is 11.6 Å². The lowest BCUT2D eigenvalue weighted by molar-refractivity contribution is -0.705. The minimum Gasteiger partial charge on any atom is -0.538 e. The molecule has 8 heteroatoms. The fraction of sp³-hybridized carbons (Fsp3) is 0.167. The van der Waals surface area contributed by atoms with Gasteiger partial charge in [0.25, 0.3) is 5.03 Å². The molecule has 0 unspecified atom stereocenters. The molecule has 0 aliphatic carbocycles. The van der Waals surface area contributed by atoms with Crippen molar-refractivity contribution in [1.82, 2.24) is 5.27 Å². The third-order valence-electron chi connectivity index (χ3n) is 3.73. The zero-order valence-electron chi connectivity index (χ0n) is 14.2. The van der Waals surface area contributed by atoms with Gasteiger partial charge < -0.3 is 14.9 Å². The first kappa shape index (κ1) is 18.3. The maximum Gasteiger partial charge on any atom is 0.298 e. The van der Waals surface area contributed by atoms with Gasteiger partial charge in [0.05, 0.1) is 11.0 Å². The summed E-state index contributed by atoms with van der Waals surface area (Å²) in [5, 5.41) is 19.3. The molecule has 26 heavy (non-hydrogen) atoms. The van der Waals surface area contributed by atoms with E-state index in [1.807, 2.05) is 38.1 Å². The Morgan fingerprint density at radius 2 is 2.00 bits per heavy atom. The molecule has 0 atom stereocenters. The molecule has 0 aliphatic rings. The Labute approximate surface area is 159 Å². The summed E-state index contributed by atoms with van der Waals surface area (Å²) >= 11 is 7.12. The molecule has 0 aliphatic heterocycles. The smallest absolute Gasteiger partial charge is 0.298 e. The van der Waals surface area contributed by atoms with Crippen LogP contribution in [0.25, 0.3) is 5.69 Å². The molecule has 0 bridgehead atoms. The van der Waals surface area contributed by atoms with Crippen LogP contribution in [0.3, 0.4) is 0 Å². The second-order valence-electron chi connectivity index (χ2n) is 5.66. The van der Waals surface area contributed by atoms with E-state index in [0.717, 1.165) is 22.9 Å². The predicted molar refractivity (Wildman–Crippen MR) is 97.8 cm³/mol. The Balaban J connectivity index is 1.72. The predicted octanol–water partition coefficient (Wildman–Crippen LogP) is 3.03. The number of amides is 1. The summed E-state index contributed by atoms with van der Waals surface area (Å²) in [5.41, 5.74) is 3.21. The summed E-state index contributed by atoms with van der Waals surface area (Å²) < 4.78 is 6.15. The summed E-state index contributed by atoms with van der Waals surface area (Å²) in [6, 6.07) is 12.8. The number of anilines is 1. The highest BCUT2D eigenvalue weighted by atomic mass is 35.5. The largest absolute Gasteiger partial charge is 0.538 e. The quantitative estimate of drug-likeness (QED) is 0.535. The molecule has 1 aromatic heterocycles. The molecule has 0 saturated heterocycles. The van der Waals surface area contributed by atoms with Gasteiger partial charge in [-0.05, 0) is 48.0 Å². The van der Waals surface area contributed by atoms with Gasteiger partial charge in [0.15, 0.2) is 5.95 Å². The first-order valence-electron chi connectivity index (χ1n) is 7.79. The second kappa shape index (κ2) is 7.80. The first-order valence-corrected chi connectivity index (χ1v) is 9.16. The van der Waals surface area contributed by atoms with Crippen LogP contribution in [0.5, 0.6) is 5.95 Å². The Morgan fingerprint density at radius 3 is 2.73 bits per heavy atom. The lowest BCUT2D eigenvalue weighted by Crippen LogP contribution is -2.35. The Morgan fingerprint density at radius 1 is 1.27 bits per heavy atom. The molecule has 2 aromatic carbocycles. The van der Waals surface area contributed by atoms with Crippen LogP contribution in [-0.4, -0.2) is 16.9 Å². The number of hydrogen-bond acceptors (Lipinski definition) is 5. The molecule has 0 saturated carbocycles. The van der Waals surface area contributed by atoms with Crippen LogP contribution in [0.4, 0.5) is 5.69 Å². The second-order valence-corrected chi connectivity index (χ2v) is 7.03. The number of carbonyl (C=O) groups excluding carboxylic acids is 1. The van der Waals surface area contributed by atoms with Crippen LogP contribution in [0.2, 0.25) is 5.02 Å². The monoisotopic (exact) mass is 389 g/mol. The number of nitrogens with one attached hydrogen (secondary N) is 1. The lowest BCUT2D eigenvalue weighted by atomic mass is 10.2. The van der Waals surface area contributed by atoms with Crippen LogP contribution >= 0.6 is 23.4 Å². The molecule has 1 amide bonds. The molecule has 0 spiro atoms. The minimum absolute atomic E-state index is 0.0360. The number of carbonyl (C=O) groups is 1. The molecule has 3 aromatic rings. The normalized spacial score (nSPS) is 10.7. The van der Waals surface area contributed by atoms with Crippen molar-refractivity contribution in [1.29, 1.82) is 0 Å². The number of halogens is 1. The Kier molecular flexibility index (Phi) is 5.49. The average molecular weight is 390 g/mol. The van der Waals surface area contributed by atoms with E-state index in [4.69, 9.17) is 16.1 Å². The van der Waals surface area contributed by atoms with Crippen molar-refractivity contribution < 1.29 is 19.1 Å². The number of benzene rings is 2. The van der Waals surface area contributed by atoms with E-state index in [1.54, 1.807) is 18.2 Å². The fourth-order valence-electron chi connectivity index (χ4n) is 2.27. The third kappa shape index (κ3) is 4.00.